The minimum atomic E-state index is -0.823. The van der Waals surface area contributed by atoms with Gasteiger partial charge in [0.25, 0.3) is 0 Å². The summed E-state index contributed by atoms with van der Waals surface area (Å²) >= 11 is 0. The van der Waals surface area contributed by atoms with Crippen LogP contribution in [0.25, 0.3) is 0 Å². The third-order valence-corrected chi connectivity index (χ3v) is 8.99. The maximum Gasteiger partial charge on any atom is 0.316 e. The first-order chi connectivity index (χ1) is 14.2. The van der Waals surface area contributed by atoms with Gasteiger partial charge in [0, 0.05) is 31.1 Å². The lowest BCUT2D eigenvalue weighted by Crippen LogP contribution is -2.55. The second-order valence-corrected chi connectivity index (χ2v) is 10.0. The molecule has 6 nitrogen and oxygen atoms in total. The van der Waals surface area contributed by atoms with Crippen LogP contribution in [0.5, 0.6) is 0 Å². The lowest BCUT2D eigenvalue weighted by Gasteiger charge is -2.52. The molecule has 160 valence electrons. The monoisotopic (exact) mass is 412 g/mol. The number of hydrogen-bond acceptors (Lipinski definition) is 6. The number of esters is 2. The fraction of sp³-hybridized carbons (Fsp3) is 0.667. The molecule has 1 saturated heterocycles. The molecule has 5 rings (SSSR count). The van der Waals surface area contributed by atoms with E-state index in [0.29, 0.717) is 44.9 Å². The predicted molar refractivity (Wildman–Crippen MR) is 106 cm³/mol. The van der Waals surface area contributed by atoms with Gasteiger partial charge in [0.15, 0.2) is 0 Å². The molecule has 4 aliphatic carbocycles. The van der Waals surface area contributed by atoms with Crippen LogP contribution in [-0.4, -0.2) is 36.2 Å². The van der Waals surface area contributed by atoms with Crippen LogP contribution >= 0.6 is 0 Å². The summed E-state index contributed by atoms with van der Waals surface area (Å²) in [5.41, 5.74) is 0.993. The van der Waals surface area contributed by atoms with E-state index in [1.165, 1.54) is 7.11 Å². The van der Waals surface area contributed by atoms with Gasteiger partial charge in [0.1, 0.15) is 17.2 Å². The van der Waals surface area contributed by atoms with E-state index in [9.17, 15) is 19.2 Å². The van der Waals surface area contributed by atoms with Gasteiger partial charge in [-0.1, -0.05) is 24.1 Å². The number of Topliss-reactive ketones (excluding diaryl/α,β-unsaturated/α-hetero) is 2. The summed E-state index contributed by atoms with van der Waals surface area (Å²) in [5, 5.41) is 0. The Bertz CT molecular complexity index is 957. The van der Waals surface area contributed by atoms with Crippen molar-refractivity contribution >= 4 is 23.5 Å². The van der Waals surface area contributed by atoms with Gasteiger partial charge in [-0.2, -0.15) is 0 Å². The zero-order chi connectivity index (χ0) is 21.5. The molecule has 1 heterocycles. The number of methoxy groups -OCH3 is 1. The van der Waals surface area contributed by atoms with Crippen LogP contribution in [0.3, 0.4) is 0 Å². The lowest BCUT2D eigenvalue weighted by molar-refractivity contribution is -0.165. The second-order valence-electron chi connectivity index (χ2n) is 10.0. The van der Waals surface area contributed by atoms with Crippen molar-refractivity contribution in [2.24, 2.45) is 22.7 Å². The van der Waals surface area contributed by atoms with Gasteiger partial charge in [-0.15, -0.1) is 0 Å². The van der Waals surface area contributed by atoms with Crippen LogP contribution in [-0.2, 0) is 28.7 Å². The van der Waals surface area contributed by atoms with Crippen molar-refractivity contribution in [2.75, 3.05) is 7.11 Å². The number of fused-ring (bicyclic) bond motifs is 5. The highest BCUT2D eigenvalue weighted by atomic mass is 16.6. The van der Waals surface area contributed by atoms with Crippen molar-refractivity contribution in [3.8, 4) is 0 Å². The van der Waals surface area contributed by atoms with Crippen molar-refractivity contribution in [1.29, 1.82) is 0 Å². The minimum absolute atomic E-state index is 0.0986. The van der Waals surface area contributed by atoms with E-state index in [-0.39, 0.29) is 41.3 Å². The average Bonchev–Trinajstić information content (AvgIpc) is 3.24. The smallest absolute Gasteiger partial charge is 0.316 e. The summed E-state index contributed by atoms with van der Waals surface area (Å²) in [4.78, 5) is 50.8. The van der Waals surface area contributed by atoms with Crippen molar-refractivity contribution in [3.63, 3.8) is 0 Å². The molecular weight excluding hydrogens is 384 g/mol. The van der Waals surface area contributed by atoms with Gasteiger partial charge in [0.05, 0.1) is 18.4 Å². The van der Waals surface area contributed by atoms with Crippen molar-refractivity contribution in [2.45, 2.75) is 70.8 Å². The molecule has 5 atom stereocenters. The highest BCUT2D eigenvalue weighted by Crippen LogP contribution is 2.66. The molecule has 0 amide bonds. The van der Waals surface area contributed by atoms with Gasteiger partial charge in [-0.05, 0) is 44.1 Å². The molecule has 1 aliphatic heterocycles. The van der Waals surface area contributed by atoms with Crippen LogP contribution in [0.4, 0.5) is 0 Å². The number of allylic oxidation sites excluding steroid dienone is 2. The Morgan fingerprint density at radius 3 is 2.53 bits per heavy atom. The molecule has 3 unspecified atom stereocenters. The van der Waals surface area contributed by atoms with Crippen LogP contribution in [0, 0.1) is 22.7 Å². The molecule has 0 aromatic carbocycles. The van der Waals surface area contributed by atoms with Gasteiger partial charge < -0.3 is 9.47 Å². The number of rotatable bonds is 1. The van der Waals surface area contributed by atoms with Crippen LogP contribution < -0.4 is 0 Å². The van der Waals surface area contributed by atoms with Crippen molar-refractivity contribution in [1.82, 2.24) is 0 Å². The SMILES string of the molecule is COC(=O)[C@@H]1C=C2CC(=O)CCC2(C)C2=C1C1CC[C@@]3(CCC(=O)O3)C1(C)C(=O)C2. The molecule has 30 heavy (non-hydrogen) atoms. The Hall–Kier alpha value is -2.24. The first kappa shape index (κ1) is 19.7. The van der Waals surface area contributed by atoms with E-state index in [1.807, 2.05) is 13.0 Å². The van der Waals surface area contributed by atoms with E-state index < -0.39 is 16.9 Å². The summed E-state index contributed by atoms with van der Waals surface area (Å²) in [6, 6.07) is 0. The zero-order valence-electron chi connectivity index (χ0n) is 17.8. The first-order valence-corrected chi connectivity index (χ1v) is 11.0. The topological polar surface area (TPSA) is 86.7 Å². The summed E-state index contributed by atoms with van der Waals surface area (Å²) in [6.07, 6.45) is 5.92. The number of carbonyl (C=O) groups is 4. The van der Waals surface area contributed by atoms with Gasteiger partial charge in [0.2, 0.25) is 0 Å². The van der Waals surface area contributed by atoms with E-state index in [4.69, 9.17) is 9.47 Å². The Balaban J connectivity index is 1.68. The quantitative estimate of drug-likeness (QED) is 0.485. The predicted octanol–water partition coefficient (Wildman–Crippen LogP) is 3.24. The normalized spacial score (nSPS) is 42.5. The molecule has 1 spiro atoms. The van der Waals surface area contributed by atoms with Crippen molar-refractivity contribution in [3.05, 3.63) is 22.8 Å². The van der Waals surface area contributed by atoms with E-state index in [2.05, 4.69) is 6.92 Å². The first-order valence-electron chi connectivity index (χ1n) is 11.0. The molecule has 0 N–H and O–H groups in total. The zero-order valence-corrected chi connectivity index (χ0v) is 17.8. The van der Waals surface area contributed by atoms with Gasteiger partial charge in [-0.3, -0.25) is 19.2 Å². The van der Waals surface area contributed by atoms with Crippen LogP contribution in [0.2, 0.25) is 0 Å². The summed E-state index contributed by atoms with van der Waals surface area (Å²) < 4.78 is 11.0. The summed E-state index contributed by atoms with van der Waals surface area (Å²) in [7, 11) is 1.38. The minimum Gasteiger partial charge on any atom is -0.468 e. The Labute approximate surface area is 176 Å². The van der Waals surface area contributed by atoms with E-state index >= 15 is 0 Å². The largest absolute Gasteiger partial charge is 0.468 e. The number of hydrogen-bond donors (Lipinski definition) is 0. The number of ether oxygens (including phenoxy) is 2. The molecular formula is C24H28O6. The molecule has 6 heteroatoms. The molecule has 0 aromatic rings. The molecule has 0 aromatic heterocycles. The standard InChI is InChI=1S/C24H28O6/c1-22-7-4-14(25)10-13(22)11-15(21(28)29-3)20-16-5-8-24(9-6-19(27)30-24)23(16,2)18(26)12-17(20)22/h11,15-16H,4-10,12H2,1-3H3/t15-,16?,22?,23?,24-/m1/s1. The fourth-order valence-electron chi connectivity index (χ4n) is 7.14. The Morgan fingerprint density at radius 2 is 1.87 bits per heavy atom. The maximum absolute atomic E-state index is 13.7. The Kier molecular flexibility index (Phi) is 4.04. The van der Waals surface area contributed by atoms with Gasteiger partial charge in [-0.25, -0.2) is 0 Å². The highest BCUT2D eigenvalue weighted by Gasteiger charge is 2.69. The van der Waals surface area contributed by atoms with Crippen LogP contribution in [0.15, 0.2) is 22.8 Å². The highest BCUT2D eigenvalue weighted by molar-refractivity contribution is 5.95. The summed E-state index contributed by atoms with van der Waals surface area (Å²) in [5.74, 6) is -1.05. The molecule has 5 aliphatic rings. The molecule has 0 radical (unpaired) electrons. The second kappa shape index (κ2) is 6.14. The van der Waals surface area contributed by atoms with Crippen LogP contribution in [0.1, 0.15) is 65.2 Å². The third-order valence-electron chi connectivity index (χ3n) is 8.99. The van der Waals surface area contributed by atoms with Crippen molar-refractivity contribution < 1.29 is 28.7 Å². The molecule has 3 fully saturated rings. The Morgan fingerprint density at radius 1 is 1.10 bits per heavy atom. The summed E-state index contributed by atoms with van der Waals surface area (Å²) in [6.45, 7) is 4.06. The van der Waals surface area contributed by atoms with E-state index in [0.717, 1.165) is 16.7 Å². The maximum atomic E-state index is 13.7. The average molecular weight is 412 g/mol. The van der Waals surface area contributed by atoms with E-state index in [1.54, 1.807) is 0 Å². The number of ketones is 2. The van der Waals surface area contributed by atoms with Gasteiger partial charge >= 0.3 is 11.9 Å². The lowest BCUT2D eigenvalue weighted by atomic mass is 9.51. The molecule has 2 saturated carbocycles. The number of carbonyl (C=O) groups excluding carboxylic acids is 4. The molecule has 0 bridgehead atoms. The third kappa shape index (κ3) is 2.25. The fourth-order valence-corrected chi connectivity index (χ4v) is 7.14.